The van der Waals surface area contributed by atoms with Gasteiger partial charge in [0, 0.05) is 11.8 Å². The van der Waals surface area contributed by atoms with E-state index in [1.54, 1.807) is 13.0 Å². The zero-order chi connectivity index (χ0) is 13.5. The van der Waals surface area contributed by atoms with Crippen molar-refractivity contribution in [1.29, 1.82) is 0 Å². The molecule has 1 aromatic rings. The Balaban J connectivity index is 3.14. The average Bonchev–Trinajstić information content (AvgIpc) is 2.31. The summed E-state index contributed by atoms with van der Waals surface area (Å²) < 4.78 is 34.3. The number of ether oxygens (including phenoxy) is 2. The zero-order valence-corrected chi connectivity index (χ0v) is 11.4. The van der Waals surface area contributed by atoms with Crippen LogP contribution >= 0.6 is 15.9 Å². The second-order valence-electron chi connectivity index (χ2n) is 3.31. The lowest BCUT2D eigenvalue weighted by atomic mass is 10.1. The summed E-state index contributed by atoms with van der Waals surface area (Å²) >= 11 is 3.13. The largest absolute Gasteiger partial charge is 0.490 e. The van der Waals surface area contributed by atoms with E-state index in [0.717, 1.165) is 0 Å². The van der Waals surface area contributed by atoms with Crippen LogP contribution in [0.5, 0.6) is 11.5 Å². The summed E-state index contributed by atoms with van der Waals surface area (Å²) in [6.45, 7) is -0.975. The Hall–Kier alpha value is -1.17. The van der Waals surface area contributed by atoms with Crippen molar-refractivity contribution in [2.45, 2.75) is 20.0 Å². The van der Waals surface area contributed by atoms with E-state index in [0.29, 0.717) is 11.9 Å². The van der Waals surface area contributed by atoms with E-state index in [-0.39, 0.29) is 29.3 Å². The molecule has 0 atom stereocenters. The van der Waals surface area contributed by atoms with Crippen molar-refractivity contribution in [3.05, 3.63) is 23.8 Å². The van der Waals surface area contributed by atoms with Gasteiger partial charge in [-0.25, -0.2) is 0 Å². The fraction of sp³-hybridized carbons (Fsp3) is 0.417. The molecule has 0 bridgehead atoms. The third-order valence-electron chi connectivity index (χ3n) is 2.11. The first kappa shape index (κ1) is 14.9. The molecule has 0 aromatic heterocycles. The Morgan fingerprint density at radius 3 is 2.72 bits per heavy atom. The molecular weight excluding hydrogens is 310 g/mol. The summed E-state index contributed by atoms with van der Waals surface area (Å²) in [7, 11) is 0. The van der Waals surface area contributed by atoms with Crippen LogP contribution in [0.3, 0.4) is 0 Å². The molecule has 3 nitrogen and oxygen atoms in total. The number of halogens is 3. The minimum Gasteiger partial charge on any atom is -0.490 e. The van der Waals surface area contributed by atoms with Crippen molar-refractivity contribution in [3.63, 3.8) is 0 Å². The fourth-order valence-electron chi connectivity index (χ4n) is 1.44. The number of Topliss-reactive ketones (excluding diaryl/α,β-unsaturated/α-hetero) is 1. The van der Waals surface area contributed by atoms with Crippen molar-refractivity contribution in [2.75, 3.05) is 11.9 Å². The average molecular weight is 323 g/mol. The van der Waals surface area contributed by atoms with Crippen LogP contribution in [0.25, 0.3) is 0 Å². The monoisotopic (exact) mass is 322 g/mol. The van der Waals surface area contributed by atoms with Crippen LogP contribution in [-0.4, -0.2) is 24.3 Å². The Bertz CT molecular complexity index is 410. The highest BCUT2D eigenvalue weighted by molar-refractivity contribution is 9.09. The maximum Gasteiger partial charge on any atom is 0.387 e. The molecule has 0 radical (unpaired) electrons. The Morgan fingerprint density at radius 1 is 1.44 bits per heavy atom. The van der Waals surface area contributed by atoms with E-state index in [9.17, 15) is 13.6 Å². The number of alkyl halides is 3. The molecular formula is C12H13BrF2O3. The summed E-state index contributed by atoms with van der Waals surface area (Å²) in [5.41, 5.74) is 0.112. The van der Waals surface area contributed by atoms with Crippen molar-refractivity contribution < 1.29 is 23.0 Å². The number of carbonyl (C=O) groups is 1. The number of para-hydroxylation sites is 1. The van der Waals surface area contributed by atoms with Gasteiger partial charge in [-0.15, -0.1) is 0 Å². The second kappa shape index (κ2) is 7.31. The molecule has 0 saturated carbocycles. The van der Waals surface area contributed by atoms with Gasteiger partial charge < -0.3 is 9.47 Å². The van der Waals surface area contributed by atoms with Gasteiger partial charge in [0.1, 0.15) is 0 Å². The molecule has 6 heteroatoms. The Kier molecular flexibility index (Phi) is 6.04. The molecule has 0 unspecified atom stereocenters. The number of ketones is 1. The quantitative estimate of drug-likeness (QED) is 0.567. The van der Waals surface area contributed by atoms with Gasteiger partial charge in [-0.1, -0.05) is 22.0 Å². The first-order valence-corrected chi connectivity index (χ1v) is 6.52. The van der Waals surface area contributed by atoms with Gasteiger partial charge in [-0.05, 0) is 19.1 Å². The van der Waals surface area contributed by atoms with Crippen molar-refractivity contribution in [3.8, 4) is 11.5 Å². The second-order valence-corrected chi connectivity index (χ2v) is 4.10. The van der Waals surface area contributed by atoms with Crippen LogP contribution in [0.4, 0.5) is 8.78 Å². The Morgan fingerprint density at radius 2 is 2.17 bits per heavy atom. The normalized spacial score (nSPS) is 10.5. The molecule has 0 heterocycles. The van der Waals surface area contributed by atoms with Crippen LogP contribution in [0.2, 0.25) is 0 Å². The van der Waals surface area contributed by atoms with Crippen molar-refractivity contribution in [1.82, 2.24) is 0 Å². The summed E-state index contributed by atoms with van der Waals surface area (Å²) in [6, 6.07) is 4.52. The number of benzene rings is 1. The lowest BCUT2D eigenvalue weighted by Crippen LogP contribution is -2.10. The van der Waals surface area contributed by atoms with Gasteiger partial charge in [0.2, 0.25) is 0 Å². The minimum atomic E-state index is -3.00. The summed E-state index contributed by atoms with van der Waals surface area (Å²) in [5, 5.41) is 0.457. The predicted octanol–water partition coefficient (Wildman–Crippen LogP) is 3.65. The molecule has 0 N–H and O–H groups in total. The highest BCUT2D eigenvalue weighted by Crippen LogP contribution is 2.33. The molecule has 0 spiro atoms. The maximum atomic E-state index is 12.4. The highest BCUT2D eigenvalue weighted by atomic mass is 79.9. The minimum absolute atomic E-state index is 0.112. The number of hydrogen-bond acceptors (Lipinski definition) is 3. The van der Waals surface area contributed by atoms with Gasteiger partial charge in [0.15, 0.2) is 17.3 Å². The fourth-order valence-corrected chi connectivity index (χ4v) is 1.80. The van der Waals surface area contributed by atoms with Crippen LogP contribution in [0, 0.1) is 0 Å². The molecule has 0 aliphatic rings. The van der Waals surface area contributed by atoms with Gasteiger partial charge in [0.25, 0.3) is 0 Å². The molecule has 0 aliphatic carbocycles. The van der Waals surface area contributed by atoms with Crippen molar-refractivity contribution in [2.24, 2.45) is 0 Å². The lowest BCUT2D eigenvalue weighted by Gasteiger charge is -2.14. The first-order chi connectivity index (χ1) is 8.60. The van der Waals surface area contributed by atoms with Crippen LogP contribution in [0.1, 0.15) is 23.7 Å². The third-order valence-corrected chi connectivity index (χ3v) is 2.50. The molecule has 1 rings (SSSR count). The van der Waals surface area contributed by atoms with E-state index >= 15 is 0 Å². The van der Waals surface area contributed by atoms with Gasteiger partial charge >= 0.3 is 6.61 Å². The topological polar surface area (TPSA) is 35.5 Å². The van der Waals surface area contributed by atoms with Crippen molar-refractivity contribution >= 4 is 21.7 Å². The van der Waals surface area contributed by atoms with E-state index in [1.807, 2.05) is 0 Å². The predicted molar refractivity (Wildman–Crippen MR) is 67.0 cm³/mol. The van der Waals surface area contributed by atoms with E-state index in [1.165, 1.54) is 12.1 Å². The summed E-state index contributed by atoms with van der Waals surface area (Å²) in [5.74, 6) is -0.317. The van der Waals surface area contributed by atoms with E-state index < -0.39 is 6.61 Å². The number of carbonyl (C=O) groups excluding carboxylic acids is 1. The van der Waals surface area contributed by atoms with Gasteiger partial charge in [-0.3, -0.25) is 4.79 Å². The standard InChI is InChI=1S/C12H13BrF2O3/c1-2-17-10-5-3-4-8(9(16)6-7-13)11(10)18-12(14)15/h3-5,12H,2,6-7H2,1H3. The third kappa shape index (κ3) is 3.94. The number of hydrogen-bond donors (Lipinski definition) is 0. The van der Waals surface area contributed by atoms with Gasteiger partial charge in [0.05, 0.1) is 12.2 Å². The van der Waals surface area contributed by atoms with E-state index in [4.69, 9.17) is 4.74 Å². The molecule has 0 amide bonds. The van der Waals surface area contributed by atoms with Gasteiger partial charge in [-0.2, -0.15) is 8.78 Å². The number of rotatable bonds is 7. The zero-order valence-electron chi connectivity index (χ0n) is 9.79. The van der Waals surface area contributed by atoms with Crippen LogP contribution < -0.4 is 9.47 Å². The van der Waals surface area contributed by atoms with Crippen LogP contribution in [-0.2, 0) is 0 Å². The first-order valence-electron chi connectivity index (χ1n) is 5.40. The molecule has 100 valence electrons. The highest BCUT2D eigenvalue weighted by Gasteiger charge is 2.19. The molecule has 0 aliphatic heterocycles. The maximum absolute atomic E-state index is 12.4. The molecule has 0 fully saturated rings. The smallest absolute Gasteiger partial charge is 0.387 e. The summed E-state index contributed by atoms with van der Waals surface area (Å²) in [4.78, 5) is 11.8. The Labute approximate surface area is 112 Å². The molecule has 1 aromatic carbocycles. The van der Waals surface area contributed by atoms with Crippen LogP contribution in [0.15, 0.2) is 18.2 Å². The summed E-state index contributed by atoms with van der Waals surface area (Å²) in [6.07, 6.45) is 0.204. The molecule has 0 saturated heterocycles. The van der Waals surface area contributed by atoms with E-state index in [2.05, 4.69) is 20.7 Å². The lowest BCUT2D eigenvalue weighted by molar-refractivity contribution is -0.0517. The molecule has 18 heavy (non-hydrogen) atoms. The SMILES string of the molecule is CCOc1cccc(C(=O)CCBr)c1OC(F)F.